The maximum absolute atomic E-state index is 12.6. The predicted molar refractivity (Wildman–Crippen MR) is 133 cm³/mol. The van der Waals surface area contributed by atoms with Crippen molar-refractivity contribution < 1.29 is 13.2 Å². The Hall–Kier alpha value is -2.88. The van der Waals surface area contributed by atoms with Crippen LogP contribution in [0.5, 0.6) is 5.75 Å². The van der Waals surface area contributed by atoms with Crippen LogP contribution in [0.2, 0.25) is 0 Å². The highest BCUT2D eigenvalue weighted by atomic mass is 32.2. The van der Waals surface area contributed by atoms with Crippen molar-refractivity contribution >= 4 is 38.1 Å². The molecule has 0 unspecified atom stereocenters. The Bertz CT molecular complexity index is 1330. The van der Waals surface area contributed by atoms with Gasteiger partial charge in [0, 0.05) is 31.2 Å². The summed E-state index contributed by atoms with van der Waals surface area (Å²) < 4.78 is 33.9. The van der Waals surface area contributed by atoms with Gasteiger partial charge >= 0.3 is 0 Å². The summed E-state index contributed by atoms with van der Waals surface area (Å²) in [6.45, 7) is 4.15. The number of fused-ring (bicyclic) bond motifs is 1. The predicted octanol–water partition coefficient (Wildman–Crippen LogP) is 4.58. The summed E-state index contributed by atoms with van der Waals surface area (Å²) in [5, 5.41) is 2.08. The maximum atomic E-state index is 12.6. The Labute approximate surface area is 198 Å². The summed E-state index contributed by atoms with van der Waals surface area (Å²) in [5.41, 5.74) is 2.67. The molecule has 0 spiro atoms. The zero-order valence-corrected chi connectivity index (χ0v) is 20.9. The number of hydrogen-bond acceptors (Lipinski definition) is 6. The second kappa shape index (κ2) is 9.54. The van der Waals surface area contributed by atoms with E-state index >= 15 is 0 Å². The van der Waals surface area contributed by atoms with Gasteiger partial charge in [-0.2, -0.15) is 0 Å². The quantitative estimate of drug-likeness (QED) is 0.348. The van der Waals surface area contributed by atoms with Gasteiger partial charge in [0.1, 0.15) is 11.6 Å². The van der Waals surface area contributed by atoms with Crippen LogP contribution in [0.25, 0.3) is 11.0 Å². The molecular formula is C24H28N4O3S2. The van der Waals surface area contributed by atoms with Crippen LogP contribution in [0.15, 0.2) is 64.9 Å². The summed E-state index contributed by atoms with van der Waals surface area (Å²) in [7, 11) is 1.21. The van der Waals surface area contributed by atoms with Gasteiger partial charge in [-0.1, -0.05) is 6.07 Å². The summed E-state index contributed by atoms with van der Waals surface area (Å²) in [4.78, 5) is 8.64. The fourth-order valence-corrected chi connectivity index (χ4v) is 5.44. The third kappa shape index (κ3) is 4.75. The Morgan fingerprint density at radius 2 is 1.82 bits per heavy atom. The van der Waals surface area contributed by atoms with Crippen molar-refractivity contribution in [3.63, 3.8) is 0 Å². The number of hydrogen-bond donors (Lipinski definition) is 0. The highest BCUT2D eigenvalue weighted by Gasteiger charge is 2.20. The van der Waals surface area contributed by atoms with Crippen molar-refractivity contribution in [2.24, 2.45) is 0 Å². The molecule has 0 amide bonds. The van der Waals surface area contributed by atoms with Crippen molar-refractivity contribution in [2.45, 2.75) is 31.5 Å². The van der Waals surface area contributed by atoms with E-state index in [2.05, 4.69) is 33.9 Å². The number of imidazole rings is 1. The van der Waals surface area contributed by atoms with E-state index in [1.165, 1.54) is 23.3 Å². The van der Waals surface area contributed by atoms with E-state index in [0.717, 1.165) is 35.9 Å². The van der Waals surface area contributed by atoms with Gasteiger partial charge in [0.05, 0.1) is 36.1 Å². The second-order valence-corrected chi connectivity index (χ2v) is 11.0. The molecule has 9 heteroatoms. The van der Waals surface area contributed by atoms with Crippen LogP contribution in [0.3, 0.4) is 0 Å². The molecule has 174 valence electrons. The molecule has 2 heterocycles. The molecule has 7 nitrogen and oxygen atoms in total. The highest BCUT2D eigenvalue weighted by Crippen LogP contribution is 2.27. The van der Waals surface area contributed by atoms with E-state index in [1.54, 1.807) is 30.6 Å². The zero-order valence-electron chi connectivity index (χ0n) is 19.2. The molecule has 4 aromatic rings. The van der Waals surface area contributed by atoms with Crippen LogP contribution in [-0.2, 0) is 29.7 Å². The van der Waals surface area contributed by atoms with Crippen molar-refractivity contribution in [2.75, 3.05) is 26.1 Å². The summed E-state index contributed by atoms with van der Waals surface area (Å²) in [6, 6.07) is 17.4. The monoisotopic (exact) mass is 484 g/mol. The molecule has 0 saturated heterocycles. The number of benzene rings is 2. The van der Waals surface area contributed by atoms with E-state index < -0.39 is 10.0 Å². The van der Waals surface area contributed by atoms with Gasteiger partial charge in [-0.3, -0.25) is 0 Å². The molecule has 0 bridgehead atoms. The first-order valence-corrected chi connectivity index (χ1v) is 13.0. The summed E-state index contributed by atoms with van der Waals surface area (Å²) >= 11 is 1.72. The van der Waals surface area contributed by atoms with E-state index in [0.29, 0.717) is 12.1 Å². The average Bonchev–Trinajstić information content (AvgIpc) is 3.45. The number of anilines is 1. The summed E-state index contributed by atoms with van der Waals surface area (Å²) in [5.74, 6) is 1.70. The minimum atomic E-state index is -3.52. The van der Waals surface area contributed by atoms with Crippen molar-refractivity contribution in [1.29, 1.82) is 0 Å². The smallest absolute Gasteiger partial charge is 0.242 e. The van der Waals surface area contributed by atoms with Crippen LogP contribution in [-0.4, -0.2) is 43.5 Å². The molecule has 2 aromatic carbocycles. The van der Waals surface area contributed by atoms with Crippen LogP contribution in [0, 0.1) is 0 Å². The minimum absolute atomic E-state index is 0.248. The van der Waals surface area contributed by atoms with Gasteiger partial charge in [-0.05, 0) is 60.8 Å². The lowest BCUT2D eigenvalue weighted by Crippen LogP contribution is -2.23. The number of nitrogens with zero attached hydrogens (tertiary/aromatic N) is 4. The fraction of sp³-hybridized carbons (Fsp3) is 0.292. The van der Waals surface area contributed by atoms with E-state index in [-0.39, 0.29) is 4.90 Å². The Balaban J connectivity index is 1.74. The van der Waals surface area contributed by atoms with E-state index in [4.69, 9.17) is 9.72 Å². The molecule has 2 aromatic heterocycles. The van der Waals surface area contributed by atoms with Crippen LogP contribution < -0.4 is 9.64 Å². The first kappa shape index (κ1) is 23.3. The average molecular weight is 485 g/mol. The van der Waals surface area contributed by atoms with Gasteiger partial charge in [-0.15, -0.1) is 11.3 Å². The third-order valence-corrected chi connectivity index (χ3v) is 8.26. The van der Waals surface area contributed by atoms with E-state index in [9.17, 15) is 8.42 Å². The normalized spacial score (nSPS) is 11.9. The van der Waals surface area contributed by atoms with Gasteiger partial charge in [0.15, 0.2) is 0 Å². The number of thiophene rings is 1. The lowest BCUT2D eigenvalue weighted by Gasteiger charge is -2.24. The number of rotatable bonds is 9. The molecule has 0 radical (unpaired) electrons. The largest absolute Gasteiger partial charge is 0.497 e. The van der Waals surface area contributed by atoms with Gasteiger partial charge in [-0.25, -0.2) is 17.7 Å². The van der Waals surface area contributed by atoms with Gasteiger partial charge in [0.2, 0.25) is 10.0 Å². The molecular weight excluding hydrogens is 456 g/mol. The first-order chi connectivity index (χ1) is 15.8. The number of aryl methyl sites for hydroxylation is 1. The standard InChI is InChI=1S/C24H28N4O3S2/c1-5-28-23-13-12-21(33(29,30)26(2)3)15-22(23)25-24(28)17-27(16-20-7-6-14-32-20)18-8-10-19(31-4)11-9-18/h6-15H,5,16-17H2,1-4H3. The molecule has 0 fully saturated rings. The van der Waals surface area contributed by atoms with Crippen LogP contribution >= 0.6 is 11.3 Å². The maximum Gasteiger partial charge on any atom is 0.242 e. The Kier molecular flexibility index (Phi) is 6.73. The van der Waals surface area contributed by atoms with Crippen molar-refractivity contribution in [3.8, 4) is 5.75 Å². The Morgan fingerprint density at radius 3 is 2.42 bits per heavy atom. The second-order valence-electron chi connectivity index (χ2n) is 7.84. The molecule has 0 aliphatic heterocycles. The molecule has 0 aliphatic rings. The molecule has 4 rings (SSSR count). The topological polar surface area (TPSA) is 67.7 Å². The number of sulfonamides is 1. The summed E-state index contributed by atoms with van der Waals surface area (Å²) in [6.07, 6.45) is 0. The Morgan fingerprint density at radius 1 is 1.06 bits per heavy atom. The third-order valence-electron chi connectivity index (χ3n) is 5.59. The number of methoxy groups -OCH3 is 1. The van der Waals surface area contributed by atoms with Crippen molar-refractivity contribution in [3.05, 3.63) is 70.7 Å². The van der Waals surface area contributed by atoms with Gasteiger partial charge in [0.25, 0.3) is 0 Å². The van der Waals surface area contributed by atoms with Crippen LogP contribution in [0.4, 0.5) is 5.69 Å². The van der Waals surface area contributed by atoms with Crippen LogP contribution in [0.1, 0.15) is 17.6 Å². The minimum Gasteiger partial charge on any atom is -0.497 e. The molecule has 0 aliphatic carbocycles. The number of ether oxygens (including phenoxy) is 1. The molecule has 0 saturated carbocycles. The molecule has 0 atom stereocenters. The fourth-order valence-electron chi connectivity index (χ4n) is 3.80. The first-order valence-electron chi connectivity index (χ1n) is 10.7. The molecule has 0 N–H and O–H groups in total. The molecule has 33 heavy (non-hydrogen) atoms. The number of aromatic nitrogens is 2. The van der Waals surface area contributed by atoms with Gasteiger partial charge < -0.3 is 14.2 Å². The lowest BCUT2D eigenvalue weighted by molar-refractivity contribution is 0.415. The highest BCUT2D eigenvalue weighted by molar-refractivity contribution is 7.89. The zero-order chi connectivity index (χ0) is 23.6. The SMILES string of the molecule is CCn1c(CN(Cc2cccs2)c2ccc(OC)cc2)nc2cc(S(=O)(=O)N(C)C)ccc21. The van der Waals surface area contributed by atoms with E-state index in [1.807, 2.05) is 30.3 Å². The van der Waals surface area contributed by atoms with Crippen molar-refractivity contribution in [1.82, 2.24) is 13.9 Å². The lowest BCUT2D eigenvalue weighted by atomic mass is 10.2.